The van der Waals surface area contributed by atoms with Gasteiger partial charge in [0.25, 0.3) is 5.91 Å². The number of ether oxygens (including phenoxy) is 2. The predicted octanol–water partition coefficient (Wildman–Crippen LogP) is 3.05. The zero-order valence-electron chi connectivity index (χ0n) is 15.7. The lowest BCUT2D eigenvalue weighted by molar-refractivity contribution is -0.114. The molecule has 0 bridgehead atoms. The second kappa shape index (κ2) is 9.54. The molecule has 2 aromatic rings. The Morgan fingerprint density at radius 2 is 1.82 bits per heavy atom. The Morgan fingerprint density at radius 1 is 1.07 bits per heavy atom. The lowest BCUT2D eigenvalue weighted by atomic mass is 10.2. The van der Waals surface area contributed by atoms with E-state index in [0.717, 1.165) is 0 Å². The molecule has 0 saturated heterocycles. The summed E-state index contributed by atoms with van der Waals surface area (Å²) in [5, 5.41) is 5.49. The molecular weight excluding hydrogens is 372 g/mol. The first kappa shape index (κ1) is 20.9. The number of hydrogen-bond acceptors (Lipinski definition) is 5. The molecule has 0 unspecified atom stereocenters. The number of methoxy groups -OCH3 is 1. The van der Waals surface area contributed by atoms with Crippen molar-refractivity contribution in [1.29, 1.82) is 0 Å². The van der Waals surface area contributed by atoms with Crippen molar-refractivity contribution in [3.8, 4) is 11.5 Å². The van der Waals surface area contributed by atoms with E-state index in [2.05, 4.69) is 15.4 Å². The molecule has 0 heterocycles. The summed E-state index contributed by atoms with van der Waals surface area (Å²) in [6.07, 6.45) is 0. The first-order valence-corrected chi connectivity index (χ1v) is 8.28. The summed E-state index contributed by atoms with van der Waals surface area (Å²) in [6, 6.07) is 10.9. The van der Waals surface area contributed by atoms with E-state index in [1.54, 1.807) is 44.4 Å². The smallest absolute Gasteiger partial charge is 0.387 e. The van der Waals surface area contributed by atoms with Crippen molar-refractivity contribution >= 4 is 23.2 Å². The lowest BCUT2D eigenvalue weighted by Gasteiger charge is -2.13. The number of hydrogen-bond donors (Lipinski definition) is 2. The van der Waals surface area contributed by atoms with Crippen molar-refractivity contribution in [3.63, 3.8) is 0 Å². The first-order chi connectivity index (χ1) is 13.3. The molecule has 0 aliphatic heterocycles. The second-order valence-electron chi connectivity index (χ2n) is 5.93. The maximum absolute atomic E-state index is 12.5. The van der Waals surface area contributed by atoms with Gasteiger partial charge in [-0.05, 0) is 30.3 Å². The van der Waals surface area contributed by atoms with Gasteiger partial charge in [-0.2, -0.15) is 8.78 Å². The topological polar surface area (TPSA) is 79.9 Å². The standard InChI is InChI=1S/C19H21F2N3O4/c1-24(2)18(26)12-5-4-6-14(9-12)23-17(25)11-22-13-7-8-15(27-3)16(10-13)28-19(20)21/h4-10,19,22H,11H2,1-3H3,(H,23,25). The third kappa shape index (κ3) is 5.83. The van der Waals surface area contributed by atoms with Crippen LogP contribution in [-0.2, 0) is 4.79 Å². The molecule has 0 aromatic heterocycles. The van der Waals surface area contributed by atoms with Gasteiger partial charge >= 0.3 is 6.61 Å². The van der Waals surface area contributed by atoms with Gasteiger partial charge in [-0.3, -0.25) is 9.59 Å². The highest BCUT2D eigenvalue weighted by Gasteiger charge is 2.12. The lowest BCUT2D eigenvalue weighted by Crippen LogP contribution is -2.23. The molecule has 28 heavy (non-hydrogen) atoms. The predicted molar refractivity (Wildman–Crippen MR) is 101 cm³/mol. The van der Waals surface area contributed by atoms with Crippen molar-refractivity contribution in [3.05, 3.63) is 48.0 Å². The van der Waals surface area contributed by atoms with Crippen molar-refractivity contribution in [2.45, 2.75) is 6.61 Å². The van der Waals surface area contributed by atoms with E-state index >= 15 is 0 Å². The summed E-state index contributed by atoms with van der Waals surface area (Å²) in [4.78, 5) is 25.6. The molecule has 2 rings (SSSR count). The summed E-state index contributed by atoms with van der Waals surface area (Å²) < 4.78 is 34.3. The molecule has 0 aliphatic carbocycles. The summed E-state index contributed by atoms with van der Waals surface area (Å²) in [5.74, 6) is -0.545. The quantitative estimate of drug-likeness (QED) is 0.721. The van der Waals surface area contributed by atoms with Gasteiger partial charge in [0.05, 0.1) is 13.7 Å². The maximum Gasteiger partial charge on any atom is 0.387 e. The van der Waals surface area contributed by atoms with Gasteiger partial charge < -0.3 is 25.0 Å². The normalized spacial score (nSPS) is 10.4. The third-order valence-electron chi connectivity index (χ3n) is 3.63. The number of nitrogens with one attached hydrogen (secondary N) is 2. The fraction of sp³-hybridized carbons (Fsp3) is 0.263. The van der Waals surface area contributed by atoms with E-state index in [4.69, 9.17) is 4.74 Å². The van der Waals surface area contributed by atoms with Crippen molar-refractivity contribution in [2.24, 2.45) is 0 Å². The molecule has 0 fully saturated rings. The Morgan fingerprint density at radius 3 is 2.46 bits per heavy atom. The van der Waals surface area contributed by atoms with Crippen LogP contribution in [0.25, 0.3) is 0 Å². The van der Waals surface area contributed by atoms with Gasteiger partial charge in [0.15, 0.2) is 11.5 Å². The minimum atomic E-state index is -3.00. The van der Waals surface area contributed by atoms with E-state index in [9.17, 15) is 18.4 Å². The van der Waals surface area contributed by atoms with Crippen LogP contribution < -0.4 is 20.1 Å². The molecule has 9 heteroatoms. The fourth-order valence-electron chi connectivity index (χ4n) is 2.35. The van der Waals surface area contributed by atoms with E-state index in [0.29, 0.717) is 16.9 Å². The van der Waals surface area contributed by atoms with Crippen LogP contribution in [0.3, 0.4) is 0 Å². The summed E-state index contributed by atoms with van der Waals surface area (Å²) >= 11 is 0. The SMILES string of the molecule is COc1ccc(NCC(=O)Nc2cccc(C(=O)N(C)C)c2)cc1OC(F)F. The zero-order valence-corrected chi connectivity index (χ0v) is 15.7. The van der Waals surface area contributed by atoms with E-state index in [1.807, 2.05) is 0 Å². The highest BCUT2D eigenvalue weighted by atomic mass is 19.3. The van der Waals surface area contributed by atoms with Crippen LogP contribution in [0.4, 0.5) is 20.2 Å². The Labute approximate surface area is 161 Å². The van der Waals surface area contributed by atoms with E-state index in [-0.39, 0.29) is 29.9 Å². The molecule has 0 aliphatic rings. The Balaban J connectivity index is 1.99. The molecule has 2 amide bonds. The summed E-state index contributed by atoms with van der Waals surface area (Å²) in [7, 11) is 4.61. The van der Waals surface area contributed by atoms with E-state index in [1.165, 1.54) is 24.1 Å². The molecule has 0 spiro atoms. The zero-order chi connectivity index (χ0) is 20.7. The molecule has 2 aromatic carbocycles. The number of benzene rings is 2. The van der Waals surface area contributed by atoms with Gasteiger partial charge in [-0.15, -0.1) is 0 Å². The van der Waals surface area contributed by atoms with Crippen LogP contribution in [0.2, 0.25) is 0 Å². The average Bonchev–Trinajstić information content (AvgIpc) is 2.65. The highest BCUT2D eigenvalue weighted by Crippen LogP contribution is 2.31. The number of nitrogens with zero attached hydrogens (tertiary/aromatic N) is 1. The second-order valence-corrected chi connectivity index (χ2v) is 5.93. The third-order valence-corrected chi connectivity index (χ3v) is 3.63. The van der Waals surface area contributed by atoms with E-state index < -0.39 is 6.61 Å². The number of carbonyl (C=O) groups excluding carboxylic acids is 2. The highest BCUT2D eigenvalue weighted by molar-refractivity contribution is 5.97. The number of carbonyl (C=O) groups is 2. The fourth-order valence-corrected chi connectivity index (χ4v) is 2.35. The molecule has 150 valence electrons. The largest absolute Gasteiger partial charge is 0.493 e. The van der Waals surface area contributed by atoms with Crippen LogP contribution in [0.15, 0.2) is 42.5 Å². The van der Waals surface area contributed by atoms with Gasteiger partial charge in [0.2, 0.25) is 5.91 Å². The van der Waals surface area contributed by atoms with Crippen LogP contribution in [-0.4, -0.2) is 51.1 Å². The summed E-state index contributed by atoms with van der Waals surface area (Å²) in [5.41, 5.74) is 1.32. The molecule has 2 N–H and O–H groups in total. The van der Waals surface area contributed by atoms with Crippen LogP contribution in [0.1, 0.15) is 10.4 Å². The van der Waals surface area contributed by atoms with Crippen LogP contribution >= 0.6 is 0 Å². The Bertz CT molecular complexity index is 844. The van der Waals surface area contributed by atoms with Crippen LogP contribution in [0.5, 0.6) is 11.5 Å². The number of alkyl halides is 2. The molecular formula is C19H21F2N3O4. The molecule has 7 nitrogen and oxygen atoms in total. The van der Waals surface area contributed by atoms with Crippen LogP contribution in [0, 0.1) is 0 Å². The molecule has 0 saturated carbocycles. The van der Waals surface area contributed by atoms with Gasteiger partial charge in [-0.1, -0.05) is 6.07 Å². The number of anilines is 2. The minimum absolute atomic E-state index is 0.119. The average molecular weight is 393 g/mol. The number of amides is 2. The summed E-state index contributed by atoms with van der Waals surface area (Å²) in [6.45, 7) is -3.11. The van der Waals surface area contributed by atoms with Gasteiger partial charge in [0, 0.05) is 37.1 Å². The van der Waals surface area contributed by atoms with Gasteiger partial charge in [0.1, 0.15) is 0 Å². The van der Waals surface area contributed by atoms with Gasteiger partial charge in [-0.25, -0.2) is 0 Å². The number of rotatable bonds is 8. The Kier molecular flexibility index (Phi) is 7.14. The Hall–Kier alpha value is -3.36. The maximum atomic E-state index is 12.5. The van der Waals surface area contributed by atoms with Crippen molar-refractivity contribution < 1.29 is 27.8 Å². The monoisotopic (exact) mass is 393 g/mol. The first-order valence-electron chi connectivity index (χ1n) is 8.28. The minimum Gasteiger partial charge on any atom is -0.493 e. The molecule has 0 atom stereocenters. The molecule has 0 radical (unpaired) electrons. The van der Waals surface area contributed by atoms with Crippen molar-refractivity contribution in [2.75, 3.05) is 38.4 Å². The van der Waals surface area contributed by atoms with Crippen molar-refractivity contribution in [1.82, 2.24) is 4.90 Å². The number of halogens is 2.